The summed E-state index contributed by atoms with van der Waals surface area (Å²) in [6.07, 6.45) is 0. The van der Waals surface area contributed by atoms with Crippen molar-refractivity contribution < 1.29 is 0 Å². The highest BCUT2D eigenvalue weighted by Gasteiger charge is 2.13. The van der Waals surface area contributed by atoms with Crippen molar-refractivity contribution in [3.05, 3.63) is 70.7 Å². The number of hydrogen-bond acceptors (Lipinski definition) is 2. The molecule has 0 heterocycles. The highest BCUT2D eigenvalue weighted by atomic mass is 35.5. The zero-order chi connectivity index (χ0) is 14.4. The highest BCUT2D eigenvalue weighted by molar-refractivity contribution is 6.30. The van der Waals surface area contributed by atoms with Crippen molar-refractivity contribution in [1.29, 1.82) is 5.26 Å². The summed E-state index contributed by atoms with van der Waals surface area (Å²) >= 11 is 5.99. The minimum atomic E-state index is -0.111. The Morgan fingerprint density at radius 2 is 1.90 bits per heavy atom. The molecular formula is C17H17ClN2. The van der Waals surface area contributed by atoms with Crippen LogP contribution in [-0.2, 0) is 6.54 Å². The van der Waals surface area contributed by atoms with E-state index in [-0.39, 0.29) is 5.92 Å². The smallest absolute Gasteiger partial charge is 0.0839 e. The van der Waals surface area contributed by atoms with E-state index in [1.807, 2.05) is 61.6 Å². The summed E-state index contributed by atoms with van der Waals surface area (Å²) in [7, 11) is 2.02. The molecule has 0 fully saturated rings. The molecule has 0 saturated heterocycles. The molecule has 0 N–H and O–H groups in total. The quantitative estimate of drug-likeness (QED) is 0.827. The van der Waals surface area contributed by atoms with Crippen LogP contribution in [-0.4, -0.2) is 18.5 Å². The molecule has 0 radical (unpaired) electrons. The maximum absolute atomic E-state index is 9.34. The second-order valence-corrected chi connectivity index (χ2v) is 5.36. The SMILES string of the molecule is CN(Cc1cccc(Cl)c1)CC(C#N)c1ccccc1. The molecule has 2 nitrogen and oxygen atoms in total. The van der Waals surface area contributed by atoms with Gasteiger partial charge in [-0.1, -0.05) is 54.1 Å². The molecule has 2 aromatic carbocycles. The van der Waals surface area contributed by atoms with Gasteiger partial charge in [-0.2, -0.15) is 5.26 Å². The first-order valence-corrected chi connectivity index (χ1v) is 6.94. The molecule has 20 heavy (non-hydrogen) atoms. The fourth-order valence-corrected chi connectivity index (χ4v) is 2.44. The number of nitriles is 1. The van der Waals surface area contributed by atoms with Gasteiger partial charge in [-0.25, -0.2) is 0 Å². The van der Waals surface area contributed by atoms with Crippen molar-refractivity contribution in [3.63, 3.8) is 0 Å². The van der Waals surface area contributed by atoms with Crippen LogP contribution in [0.15, 0.2) is 54.6 Å². The Balaban J connectivity index is 2.00. The average molecular weight is 285 g/mol. The van der Waals surface area contributed by atoms with Gasteiger partial charge >= 0.3 is 0 Å². The minimum Gasteiger partial charge on any atom is -0.300 e. The monoisotopic (exact) mass is 284 g/mol. The molecular weight excluding hydrogens is 268 g/mol. The molecule has 1 atom stereocenters. The summed E-state index contributed by atoms with van der Waals surface area (Å²) in [5.41, 5.74) is 2.22. The van der Waals surface area contributed by atoms with Crippen LogP contribution >= 0.6 is 11.6 Å². The summed E-state index contributed by atoms with van der Waals surface area (Å²) in [6.45, 7) is 1.48. The van der Waals surface area contributed by atoms with Crippen LogP contribution in [0.4, 0.5) is 0 Å². The summed E-state index contributed by atoms with van der Waals surface area (Å²) < 4.78 is 0. The minimum absolute atomic E-state index is 0.111. The fourth-order valence-electron chi connectivity index (χ4n) is 2.23. The van der Waals surface area contributed by atoms with E-state index < -0.39 is 0 Å². The Bertz CT molecular complexity index is 589. The standard InChI is InChI=1S/C17H17ClN2/c1-20(12-14-6-5-9-17(18)10-14)13-16(11-19)15-7-3-2-4-8-15/h2-10,16H,12-13H2,1H3. The second kappa shape index (κ2) is 7.09. The molecule has 0 aromatic heterocycles. The van der Waals surface area contributed by atoms with Crippen molar-refractivity contribution in [2.75, 3.05) is 13.6 Å². The van der Waals surface area contributed by atoms with Crippen molar-refractivity contribution in [3.8, 4) is 6.07 Å². The Morgan fingerprint density at radius 1 is 1.15 bits per heavy atom. The van der Waals surface area contributed by atoms with Gasteiger partial charge in [0.15, 0.2) is 0 Å². The second-order valence-electron chi connectivity index (χ2n) is 4.92. The lowest BCUT2D eigenvalue weighted by atomic mass is 10.00. The van der Waals surface area contributed by atoms with E-state index in [4.69, 9.17) is 11.6 Å². The van der Waals surface area contributed by atoms with Crippen LogP contribution in [0, 0.1) is 11.3 Å². The Morgan fingerprint density at radius 3 is 2.55 bits per heavy atom. The largest absolute Gasteiger partial charge is 0.300 e. The van der Waals surface area contributed by atoms with Gasteiger partial charge in [-0.05, 0) is 30.3 Å². The number of halogens is 1. The van der Waals surface area contributed by atoms with E-state index in [0.29, 0.717) is 6.54 Å². The number of likely N-dealkylation sites (N-methyl/N-ethyl adjacent to an activating group) is 1. The molecule has 2 rings (SSSR count). The topological polar surface area (TPSA) is 27.0 Å². The molecule has 2 aromatic rings. The highest BCUT2D eigenvalue weighted by Crippen LogP contribution is 2.17. The normalized spacial score (nSPS) is 12.1. The van der Waals surface area contributed by atoms with Crippen molar-refractivity contribution >= 4 is 11.6 Å². The van der Waals surface area contributed by atoms with Crippen LogP contribution in [0.5, 0.6) is 0 Å². The van der Waals surface area contributed by atoms with Gasteiger partial charge in [-0.15, -0.1) is 0 Å². The zero-order valence-corrected chi connectivity index (χ0v) is 12.2. The van der Waals surface area contributed by atoms with Crippen LogP contribution in [0.1, 0.15) is 17.0 Å². The van der Waals surface area contributed by atoms with Gasteiger partial charge < -0.3 is 4.90 Å². The summed E-state index contributed by atoms with van der Waals surface area (Å²) in [4.78, 5) is 2.15. The summed E-state index contributed by atoms with van der Waals surface area (Å²) in [5, 5.41) is 10.1. The van der Waals surface area contributed by atoms with Gasteiger partial charge in [0, 0.05) is 18.1 Å². The van der Waals surface area contributed by atoms with Crippen molar-refractivity contribution in [2.24, 2.45) is 0 Å². The summed E-state index contributed by atoms with van der Waals surface area (Å²) in [5.74, 6) is -0.111. The predicted molar refractivity (Wildman–Crippen MR) is 82.6 cm³/mol. The maximum atomic E-state index is 9.34. The molecule has 0 saturated carbocycles. The van der Waals surface area contributed by atoms with Gasteiger partial charge in [0.2, 0.25) is 0 Å². The predicted octanol–water partition coefficient (Wildman–Crippen LogP) is 4.08. The lowest BCUT2D eigenvalue weighted by Crippen LogP contribution is -2.23. The summed E-state index contributed by atoms with van der Waals surface area (Å²) in [6, 6.07) is 20.1. The first-order chi connectivity index (χ1) is 9.69. The van der Waals surface area contributed by atoms with Crippen molar-refractivity contribution in [1.82, 2.24) is 4.90 Å². The lowest BCUT2D eigenvalue weighted by molar-refractivity contribution is 0.320. The zero-order valence-electron chi connectivity index (χ0n) is 11.5. The molecule has 102 valence electrons. The number of benzene rings is 2. The average Bonchev–Trinajstić information content (AvgIpc) is 2.45. The molecule has 0 aliphatic rings. The molecule has 0 bridgehead atoms. The van der Waals surface area contributed by atoms with Gasteiger partial charge in [0.1, 0.15) is 0 Å². The van der Waals surface area contributed by atoms with E-state index in [1.165, 1.54) is 0 Å². The van der Waals surface area contributed by atoms with Crippen LogP contribution < -0.4 is 0 Å². The molecule has 0 aliphatic carbocycles. The Kier molecular flexibility index (Phi) is 5.17. The Hall–Kier alpha value is -1.82. The molecule has 3 heteroatoms. The van der Waals surface area contributed by atoms with E-state index in [2.05, 4.69) is 11.0 Å². The number of hydrogen-bond donors (Lipinski definition) is 0. The van der Waals surface area contributed by atoms with Gasteiger partial charge in [0.25, 0.3) is 0 Å². The maximum Gasteiger partial charge on any atom is 0.0839 e. The van der Waals surface area contributed by atoms with E-state index in [0.717, 1.165) is 22.7 Å². The first kappa shape index (κ1) is 14.6. The lowest BCUT2D eigenvalue weighted by Gasteiger charge is -2.20. The van der Waals surface area contributed by atoms with E-state index in [1.54, 1.807) is 0 Å². The van der Waals surface area contributed by atoms with E-state index in [9.17, 15) is 5.26 Å². The number of nitrogens with zero attached hydrogens (tertiary/aromatic N) is 2. The van der Waals surface area contributed by atoms with Gasteiger partial charge in [0.05, 0.1) is 12.0 Å². The van der Waals surface area contributed by atoms with Gasteiger partial charge in [-0.3, -0.25) is 0 Å². The molecule has 0 aliphatic heterocycles. The third kappa shape index (κ3) is 4.09. The van der Waals surface area contributed by atoms with Crippen molar-refractivity contribution in [2.45, 2.75) is 12.5 Å². The Labute approximate surface area is 125 Å². The van der Waals surface area contributed by atoms with Crippen LogP contribution in [0.25, 0.3) is 0 Å². The molecule has 1 unspecified atom stereocenters. The van der Waals surface area contributed by atoms with Crippen LogP contribution in [0.3, 0.4) is 0 Å². The van der Waals surface area contributed by atoms with E-state index >= 15 is 0 Å². The molecule has 0 spiro atoms. The fraction of sp³-hybridized carbons (Fsp3) is 0.235. The first-order valence-electron chi connectivity index (χ1n) is 6.56. The third-order valence-corrected chi connectivity index (χ3v) is 3.43. The number of rotatable bonds is 5. The van der Waals surface area contributed by atoms with Crippen LogP contribution in [0.2, 0.25) is 5.02 Å². The molecule has 0 amide bonds. The third-order valence-electron chi connectivity index (χ3n) is 3.19.